The molecule has 0 aliphatic heterocycles. The smallest absolute Gasteiger partial charge is 0.343 e. The third-order valence-electron chi connectivity index (χ3n) is 5.99. The number of hydrogen-bond donors (Lipinski definition) is 1. The first-order chi connectivity index (χ1) is 20.1. The minimum absolute atomic E-state index is 0.261. The van der Waals surface area contributed by atoms with Gasteiger partial charge in [-0.05, 0) is 84.3 Å². The molecule has 8 nitrogen and oxygen atoms in total. The molecule has 4 aromatic rings. The fourth-order valence-corrected chi connectivity index (χ4v) is 3.70. The van der Waals surface area contributed by atoms with Gasteiger partial charge in [-0.3, -0.25) is 4.79 Å². The molecule has 210 valence electrons. The normalized spacial score (nSPS) is 10.7. The number of carbonyl (C=O) groups is 2. The molecule has 0 bridgehead atoms. The van der Waals surface area contributed by atoms with Crippen LogP contribution in [0.15, 0.2) is 102 Å². The van der Waals surface area contributed by atoms with Crippen LogP contribution in [0.25, 0.3) is 0 Å². The lowest BCUT2D eigenvalue weighted by Gasteiger charge is -2.10. The first-order valence-corrected chi connectivity index (χ1v) is 13.3. The Balaban J connectivity index is 1.29. The van der Waals surface area contributed by atoms with E-state index in [1.807, 2.05) is 30.3 Å². The number of rotatable bonds is 13. The molecule has 0 aromatic heterocycles. The molecule has 0 radical (unpaired) electrons. The third-order valence-corrected chi connectivity index (χ3v) is 5.99. The molecule has 0 aliphatic rings. The molecule has 0 spiro atoms. The van der Waals surface area contributed by atoms with Crippen molar-refractivity contribution < 1.29 is 28.5 Å². The van der Waals surface area contributed by atoms with Crippen molar-refractivity contribution in [3.8, 4) is 23.0 Å². The van der Waals surface area contributed by atoms with Crippen LogP contribution in [0.5, 0.6) is 23.0 Å². The van der Waals surface area contributed by atoms with Gasteiger partial charge in [0.15, 0.2) is 11.5 Å². The summed E-state index contributed by atoms with van der Waals surface area (Å²) in [7, 11) is 1.48. The minimum Gasteiger partial charge on any atom is -0.494 e. The van der Waals surface area contributed by atoms with Crippen molar-refractivity contribution in [3.05, 3.63) is 119 Å². The van der Waals surface area contributed by atoms with Crippen molar-refractivity contribution in [2.45, 2.75) is 26.4 Å². The van der Waals surface area contributed by atoms with Crippen LogP contribution in [0.3, 0.4) is 0 Å². The van der Waals surface area contributed by atoms with E-state index in [0.29, 0.717) is 47.2 Å². The number of carbonyl (C=O) groups excluding carboxylic acids is 2. The maximum Gasteiger partial charge on any atom is 0.343 e. The summed E-state index contributed by atoms with van der Waals surface area (Å²) in [5, 5.41) is 4.03. The molecule has 0 fully saturated rings. The van der Waals surface area contributed by atoms with Crippen LogP contribution in [-0.2, 0) is 6.61 Å². The third kappa shape index (κ3) is 8.69. The fraction of sp³-hybridized carbons (Fsp3) is 0.182. The van der Waals surface area contributed by atoms with Gasteiger partial charge in [-0.15, -0.1) is 0 Å². The van der Waals surface area contributed by atoms with E-state index >= 15 is 0 Å². The van der Waals surface area contributed by atoms with Crippen LogP contribution in [0.1, 0.15) is 51.6 Å². The van der Waals surface area contributed by atoms with Crippen LogP contribution >= 0.6 is 0 Å². The molecule has 4 aromatic carbocycles. The molecule has 8 heteroatoms. The lowest BCUT2D eigenvalue weighted by Crippen LogP contribution is -2.17. The van der Waals surface area contributed by atoms with E-state index < -0.39 is 5.97 Å². The van der Waals surface area contributed by atoms with Gasteiger partial charge in [-0.1, -0.05) is 43.7 Å². The number of amides is 1. The van der Waals surface area contributed by atoms with E-state index in [9.17, 15) is 9.59 Å². The Bertz CT molecular complexity index is 1450. The van der Waals surface area contributed by atoms with E-state index in [0.717, 1.165) is 18.4 Å². The molecule has 1 N–H and O–H groups in total. The zero-order valence-corrected chi connectivity index (χ0v) is 23.0. The van der Waals surface area contributed by atoms with Gasteiger partial charge in [0.2, 0.25) is 0 Å². The van der Waals surface area contributed by atoms with Gasteiger partial charge < -0.3 is 18.9 Å². The Hall–Kier alpha value is -5.11. The largest absolute Gasteiger partial charge is 0.494 e. The second kappa shape index (κ2) is 14.9. The van der Waals surface area contributed by atoms with E-state index in [1.54, 1.807) is 66.7 Å². The number of ether oxygens (including phenoxy) is 4. The molecule has 1 amide bonds. The Kier molecular flexibility index (Phi) is 10.5. The first-order valence-electron chi connectivity index (χ1n) is 13.3. The van der Waals surface area contributed by atoms with Gasteiger partial charge >= 0.3 is 5.97 Å². The number of methoxy groups -OCH3 is 1. The van der Waals surface area contributed by atoms with Crippen molar-refractivity contribution in [3.63, 3.8) is 0 Å². The predicted molar refractivity (Wildman–Crippen MR) is 157 cm³/mol. The lowest BCUT2D eigenvalue weighted by atomic mass is 10.2. The number of esters is 1. The summed E-state index contributed by atoms with van der Waals surface area (Å²) in [6.07, 6.45) is 3.49. The number of hydrogen-bond acceptors (Lipinski definition) is 7. The summed E-state index contributed by atoms with van der Waals surface area (Å²) in [5.41, 5.74) is 5.03. The number of nitrogens with zero attached hydrogens (tertiary/aromatic N) is 1. The van der Waals surface area contributed by atoms with E-state index in [-0.39, 0.29) is 11.7 Å². The average molecular weight is 553 g/mol. The summed E-state index contributed by atoms with van der Waals surface area (Å²) in [4.78, 5) is 25.1. The summed E-state index contributed by atoms with van der Waals surface area (Å²) >= 11 is 0. The predicted octanol–water partition coefficient (Wildman–Crippen LogP) is 6.44. The van der Waals surface area contributed by atoms with E-state index in [4.69, 9.17) is 18.9 Å². The molecule has 4 rings (SSSR count). The second-order valence-corrected chi connectivity index (χ2v) is 9.02. The molecule has 0 saturated heterocycles. The monoisotopic (exact) mass is 552 g/mol. The molecule has 0 atom stereocenters. The molecular formula is C33H32N2O6. The number of unbranched alkanes of at least 4 members (excludes halogenated alkanes) is 1. The average Bonchev–Trinajstić information content (AvgIpc) is 3.01. The van der Waals surface area contributed by atoms with Crippen molar-refractivity contribution in [2.24, 2.45) is 5.10 Å². The Labute approximate surface area is 239 Å². The van der Waals surface area contributed by atoms with Crippen LogP contribution < -0.4 is 24.4 Å². The molecular weight excluding hydrogens is 520 g/mol. The molecule has 0 unspecified atom stereocenters. The molecule has 0 heterocycles. The van der Waals surface area contributed by atoms with Gasteiger partial charge in [0.25, 0.3) is 5.91 Å². The van der Waals surface area contributed by atoms with Crippen LogP contribution in [0.2, 0.25) is 0 Å². The van der Waals surface area contributed by atoms with Crippen molar-refractivity contribution >= 4 is 18.1 Å². The van der Waals surface area contributed by atoms with Gasteiger partial charge in [0, 0.05) is 5.56 Å². The highest BCUT2D eigenvalue weighted by atomic mass is 16.6. The maximum atomic E-state index is 12.6. The zero-order chi connectivity index (χ0) is 28.9. The van der Waals surface area contributed by atoms with Crippen molar-refractivity contribution in [1.29, 1.82) is 0 Å². The first kappa shape index (κ1) is 28.9. The minimum atomic E-state index is -0.520. The lowest BCUT2D eigenvalue weighted by molar-refractivity contribution is 0.0729. The maximum absolute atomic E-state index is 12.6. The van der Waals surface area contributed by atoms with Gasteiger partial charge in [0.05, 0.1) is 25.5 Å². The van der Waals surface area contributed by atoms with Crippen LogP contribution in [0, 0.1) is 0 Å². The van der Waals surface area contributed by atoms with Crippen molar-refractivity contribution in [2.75, 3.05) is 13.7 Å². The molecule has 0 saturated carbocycles. The molecule has 0 aliphatic carbocycles. The molecule has 41 heavy (non-hydrogen) atoms. The summed E-state index contributed by atoms with van der Waals surface area (Å²) in [5.74, 6) is 1.09. The zero-order valence-electron chi connectivity index (χ0n) is 23.0. The highest BCUT2D eigenvalue weighted by Gasteiger charge is 2.13. The van der Waals surface area contributed by atoms with Gasteiger partial charge in [-0.2, -0.15) is 5.10 Å². The highest BCUT2D eigenvalue weighted by molar-refractivity contribution is 5.95. The quantitative estimate of drug-likeness (QED) is 0.0675. The second-order valence-electron chi connectivity index (χ2n) is 9.02. The number of benzene rings is 4. The van der Waals surface area contributed by atoms with E-state index in [2.05, 4.69) is 17.5 Å². The van der Waals surface area contributed by atoms with Gasteiger partial charge in [0.1, 0.15) is 18.1 Å². The highest BCUT2D eigenvalue weighted by Crippen LogP contribution is 2.28. The van der Waals surface area contributed by atoms with E-state index in [1.165, 1.54) is 13.3 Å². The Morgan fingerprint density at radius 1 is 0.805 bits per heavy atom. The standard InChI is InChI=1S/C33H32N2O6/c1-3-4-20-39-28-17-13-27(14-18-28)33(37)41-30-19-10-25(21-31(30)38-2)22-34-35-32(36)26-11-15-29(16-12-26)40-23-24-8-6-5-7-9-24/h5-19,21-22H,3-4,20,23H2,1-2H3,(H,35,36). The van der Waals surface area contributed by atoms with Gasteiger partial charge in [-0.25, -0.2) is 10.2 Å². The van der Waals surface area contributed by atoms with Crippen LogP contribution in [-0.4, -0.2) is 31.8 Å². The number of nitrogens with one attached hydrogen (secondary N) is 1. The Morgan fingerprint density at radius 2 is 1.49 bits per heavy atom. The summed E-state index contributed by atoms with van der Waals surface area (Å²) in [6.45, 7) is 3.17. The topological polar surface area (TPSA) is 95.5 Å². The van der Waals surface area contributed by atoms with Crippen LogP contribution in [0.4, 0.5) is 0 Å². The summed E-state index contributed by atoms with van der Waals surface area (Å²) in [6, 6.07) is 28.4. The Morgan fingerprint density at radius 3 is 2.17 bits per heavy atom. The fourth-order valence-electron chi connectivity index (χ4n) is 3.70. The summed E-state index contributed by atoms with van der Waals surface area (Å²) < 4.78 is 22.3. The van der Waals surface area contributed by atoms with Crippen molar-refractivity contribution in [1.82, 2.24) is 5.43 Å². The number of hydrazone groups is 1. The SMILES string of the molecule is CCCCOc1ccc(C(=O)Oc2ccc(C=NNC(=O)c3ccc(OCc4ccccc4)cc3)cc2OC)cc1.